The second-order valence-electron chi connectivity index (χ2n) is 10.5. The maximum atomic E-state index is 13.3. The maximum absolute atomic E-state index is 13.3. The number of aryl methyl sites for hydroxylation is 1. The molecule has 210 valence electrons. The van der Waals surface area contributed by atoms with Crippen LogP contribution in [0.4, 0.5) is 11.5 Å². The molecule has 4 N–H and O–H groups in total. The lowest BCUT2D eigenvalue weighted by atomic mass is 10.0. The molecule has 10 nitrogen and oxygen atoms in total. The lowest BCUT2D eigenvalue weighted by molar-refractivity contribution is -0.120. The van der Waals surface area contributed by atoms with Crippen LogP contribution in [-0.4, -0.2) is 53.6 Å². The summed E-state index contributed by atoms with van der Waals surface area (Å²) in [5.74, 6) is 0.214. The standard InChI is InChI=1S/C31H33N7O3/c1-37-19-26(30(40)34-18-20-2-7-24(8-3-20)38-12-14-41-15-13-38)25-16-22(6-9-27(25)37)23-10-11-33-28(17-23)35-31(32)36-29(39)21-4-5-21/h2-3,6-11,16-17,19,21H,4-5,12-15,18H2,1H3,(H,34,40)(H3,32,33,35,36,39). The molecule has 2 fully saturated rings. The van der Waals surface area contributed by atoms with Gasteiger partial charge in [0.2, 0.25) is 11.9 Å². The zero-order valence-corrected chi connectivity index (χ0v) is 23.0. The van der Waals surface area contributed by atoms with E-state index < -0.39 is 0 Å². The molecule has 1 saturated heterocycles. The molecule has 6 rings (SSSR count). The SMILES string of the molecule is Cn1cc(C(=O)NCc2ccc(N3CCOCC3)cc2)c2cc(-c3ccnc(N=C(N)NC(=O)C4CC4)c3)ccc21. The summed E-state index contributed by atoms with van der Waals surface area (Å²) in [5.41, 5.74) is 11.5. The molecule has 2 amide bonds. The van der Waals surface area contributed by atoms with Crippen molar-refractivity contribution in [2.75, 3.05) is 31.2 Å². The van der Waals surface area contributed by atoms with Crippen LogP contribution >= 0.6 is 0 Å². The van der Waals surface area contributed by atoms with E-state index in [1.165, 1.54) is 5.69 Å². The van der Waals surface area contributed by atoms with Crippen LogP contribution in [0.2, 0.25) is 0 Å². The van der Waals surface area contributed by atoms with Gasteiger partial charge in [-0.05, 0) is 65.9 Å². The van der Waals surface area contributed by atoms with Gasteiger partial charge in [0, 0.05) is 61.6 Å². The summed E-state index contributed by atoms with van der Waals surface area (Å²) in [6.45, 7) is 3.70. The predicted molar refractivity (Wildman–Crippen MR) is 159 cm³/mol. The van der Waals surface area contributed by atoms with Gasteiger partial charge in [-0.2, -0.15) is 4.99 Å². The molecule has 2 aliphatic rings. The molecule has 2 aromatic heterocycles. The zero-order valence-electron chi connectivity index (χ0n) is 23.0. The van der Waals surface area contributed by atoms with Crippen molar-refractivity contribution >= 4 is 40.2 Å². The van der Waals surface area contributed by atoms with Gasteiger partial charge in [0.15, 0.2) is 5.82 Å². The lowest BCUT2D eigenvalue weighted by Crippen LogP contribution is -2.37. The number of nitrogens with two attached hydrogens (primary N) is 1. The Bertz CT molecular complexity index is 1620. The molecule has 0 atom stereocenters. The molecule has 0 unspecified atom stereocenters. The number of amides is 2. The minimum atomic E-state index is -0.135. The molecule has 1 aliphatic carbocycles. The monoisotopic (exact) mass is 551 g/mol. The number of aliphatic imine (C=N–C) groups is 1. The van der Waals surface area contributed by atoms with Crippen molar-refractivity contribution in [1.82, 2.24) is 20.2 Å². The van der Waals surface area contributed by atoms with E-state index in [1.807, 2.05) is 42.1 Å². The molecule has 10 heteroatoms. The Kier molecular flexibility index (Phi) is 7.39. The summed E-state index contributed by atoms with van der Waals surface area (Å²) >= 11 is 0. The van der Waals surface area contributed by atoms with Crippen molar-refractivity contribution in [1.29, 1.82) is 0 Å². The van der Waals surface area contributed by atoms with Crippen LogP contribution in [0.3, 0.4) is 0 Å². The van der Waals surface area contributed by atoms with E-state index in [0.717, 1.165) is 66.7 Å². The van der Waals surface area contributed by atoms with Gasteiger partial charge in [-0.15, -0.1) is 0 Å². The zero-order chi connectivity index (χ0) is 28.3. The van der Waals surface area contributed by atoms with Crippen molar-refractivity contribution in [2.45, 2.75) is 19.4 Å². The molecular weight excluding hydrogens is 518 g/mol. The van der Waals surface area contributed by atoms with E-state index in [2.05, 4.69) is 49.8 Å². The Labute approximate surface area is 238 Å². The van der Waals surface area contributed by atoms with Crippen LogP contribution < -0.4 is 21.3 Å². The number of carbonyl (C=O) groups is 2. The van der Waals surface area contributed by atoms with E-state index in [4.69, 9.17) is 10.5 Å². The Morgan fingerprint density at radius 2 is 1.80 bits per heavy atom. The summed E-state index contributed by atoms with van der Waals surface area (Å²) in [6, 6.07) is 18.0. The van der Waals surface area contributed by atoms with Crippen molar-refractivity contribution in [3.63, 3.8) is 0 Å². The molecular formula is C31H33N7O3. The summed E-state index contributed by atoms with van der Waals surface area (Å²) in [4.78, 5) is 36.1. The number of rotatable bonds is 7. The summed E-state index contributed by atoms with van der Waals surface area (Å²) in [5, 5.41) is 6.56. The molecule has 3 heterocycles. The van der Waals surface area contributed by atoms with Crippen molar-refractivity contribution < 1.29 is 14.3 Å². The second-order valence-corrected chi connectivity index (χ2v) is 10.5. The smallest absolute Gasteiger partial charge is 0.253 e. The minimum absolute atomic E-state index is 0.0275. The number of nitrogens with zero attached hydrogens (tertiary/aromatic N) is 4. The van der Waals surface area contributed by atoms with E-state index in [1.54, 1.807) is 12.3 Å². The quantitative estimate of drug-likeness (QED) is 0.238. The third kappa shape index (κ3) is 6.07. The van der Waals surface area contributed by atoms with Gasteiger partial charge in [0.1, 0.15) is 0 Å². The Balaban J connectivity index is 1.17. The van der Waals surface area contributed by atoms with Crippen LogP contribution in [-0.2, 0) is 23.1 Å². The molecule has 1 aliphatic heterocycles. The number of fused-ring (bicyclic) bond motifs is 1. The minimum Gasteiger partial charge on any atom is -0.378 e. The summed E-state index contributed by atoms with van der Waals surface area (Å²) < 4.78 is 7.39. The normalized spacial score (nSPS) is 15.6. The van der Waals surface area contributed by atoms with Gasteiger partial charge in [-0.3, -0.25) is 14.9 Å². The predicted octanol–water partition coefficient (Wildman–Crippen LogP) is 3.48. The highest BCUT2D eigenvalue weighted by atomic mass is 16.5. The first-order valence-electron chi connectivity index (χ1n) is 13.8. The van der Waals surface area contributed by atoms with Gasteiger partial charge in [-0.25, -0.2) is 4.98 Å². The average molecular weight is 552 g/mol. The van der Waals surface area contributed by atoms with Gasteiger partial charge in [0.25, 0.3) is 5.91 Å². The van der Waals surface area contributed by atoms with Crippen LogP contribution in [0.15, 0.2) is 72.0 Å². The number of anilines is 1. The number of hydrogen-bond donors (Lipinski definition) is 3. The number of ether oxygens (including phenoxy) is 1. The number of hydrogen-bond acceptors (Lipinski definition) is 6. The van der Waals surface area contributed by atoms with Gasteiger partial charge in [-0.1, -0.05) is 18.2 Å². The summed E-state index contributed by atoms with van der Waals surface area (Å²) in [7, 11) is 1.93. The number of guanidine groups is 1. The van der Waals surface area contributed by atoms with Gasteiger partial charge in [0.05, 0.1) is 18.8 Å². The topological polar surface area (TPSA) is 127 Å². The maximum Gasteiger partial charge on any atom is 0.253 e. The number of pyridine rings is 1. The first-order chi connectivity index (χ1) is 19.9. The molecule has 0 spiro atoms. The third-order valence-corrected chi connectivity index (χ3v) is 7.51. The van der Waals surface area contributed by atoms with E-state index >= 15 is 0 Å². The van der Waals surface area contributed by atoms with Gasteiger partial charge < -0.3 is 25.3 Å². The third-order valence-electron chi connectivity index (χ3n) is 7.51. The van der Waals surface area contributed by atoms with Crippen molar-refractivity contribution in [3.05, 3.63) is 78.1 Å². The Morgan fingerprint density at radius 3 is 2.56 bits per heavy atom. The van der Waals surface area contributed by atoms with Crippen LogP contribution in [0, 0.1) is 5.92 Å². The molecule has 41 heavy (non-hydrogen) atoms. The first kappa shape index (κ1) is 26.5. The van der Waals surface area contributed by atoms with Crippen molar-refractivity contribution in [3.8, 4) is 11.1 Å². The first-order valence-corrected chi connectivity index (χ1v) is 13.8. The molecule has 0 radical (unpaired) electrons. The number of carbonyl (C=O) groups excluding carboxylic acids is 2. The number of benzene rings is 2. The van der Waals surface area contributed by atoms with E-state index in [9.17, 15) is 9.59 Å². The fourth-order valence-corrected chi connectivity index (χ4v) is 5.06. The largest absolute Gasteiger partial charge is 0.378 e. The highest BCUT2D eigenvalue weighted by molar-refractivity contribution is 6.08. The average Bonchev–Trinajstić information content (AvgIpc) is 3.80. The highest BCUT2D eigenvalue weighted by Crippen LogP contribution is 2.30. The Hall–Kier alpha value is -4.70. The van der Waals surface area contributed by atoms with Crippen LogP contribution in [0.1, 0.15) is 28.8 Å². The fraction of sp³-hybridized carbons (Fsp3) is 0.290. The highest BCUT2D eigenvalue weighted by Gasteiger charge is 2.30. The Morgan fingerprint density at radius 1 is 1.05 bits per heavy atom. The van der Waals surface area contributed by atoms with Gasteiger partial charge >= 0.3 is 0 Å². The van der Waals surface area contributed by atoms with Crippen LogP contribution in [0.5, 0.6) is 0 Å². The molecule has 4 aromatic rings. The summed E-state index contributed by atoms with van der Waals surface area (Å²) in [6.07, 6.45) is 5.28. The number of aromatic nitrogens is 2. The fourth-order valence-electron chi connectivity index (χ4n) is 5.06. The lowest BCUT2D eigenvalue weighted by Gasteiger charge is -2.28. The number of morpholine rings is 1. The molecule has 1 saturated carbocycles. The van der Waals surface area contributed by atoms with Crippen LogP contribution in [0.25, 0.3) is 22.0 Å². The molecule has 0 bridgehead atoms. The second kappa shape index (κ2) is 11.4. The van der Waals surface area contributed by atoms with E-state index in [-0.39, 0.29) is 23.7 Å². The number of nitrogens with one attached hydrogen (secondary N) is 2. The van der Waals surface area contributed by atoms with Crippen molar-refractivity contribution in [2.24, 2.45) is 23.7 Å². The molecule has 2 aromatic carbocycles. The van der Waals surface area contributed by atoms with E-state index in [0.29, 0.717) is 17.9 Å².